The number of nitrogens with zero attached hydrogens (tertiary/aromatic N) is 3. The van der Waals surface area contributed by atoms with Crippen LogP contribution in [0.25, 0.3) is 0 Å². The van der Waals surface area contributed by atoms with E-state index in [1.54, 1.807) is 14.2 Å². The molecule has 8 heteroatoms. The number of piperidine rings is 1. The van der Waals surface area contributed by atoms with Crippen molar-refractivity contribution in [3.05, 3.63) is 58.1 Å². The van der Waals surface area contributed by atoms with E-state index in [0.29, 0.717) is 24.9 Å². The Morgan fingerprint density at radius 3 is 2.42 bits per heavy atom. The van der Waals surface area contributed by atoms with Crippen LogP contribution in [0.3, 0.4) is 0 Å². The summed E-state index contributed by atoms with van der Waals surface area (Å²) < 4.78 is 16.6. The zero-order valence-electron chi connectivity index (χ0n) is 22.7. The minimum atomic E-state index is 0.251. The van der Waals surface area contributed by atoms with Gasteiger partial charge in [-0.2, -0.15) is 0 Å². The molecule has 3 aliphatic heterocycles. The number of rotatable bonds is 8. The van der Waals surface area contributed by atoms with E-state index in [1.165, 1.54) is 11.1 Å². The van der Waals surface area contributed by atoms with Crippen molar-refractivity contribution in [2.75, 3.05) is 60.2 Å². The van der Waals surface area contributed by atoms with Crippen LogP contribution in [-0.4, -0.2) is 86.8 Å². The van der Waals surface area contributed by atoms with Crippen LogP contribution in [0.15, 0.2) is 36.4 Å². The molecule has 2 fully saturated rings. The molecule has 0 N–H and O–H groups in total. The summed E-state index contributed by atoms with van der Waals surface area (Å²) in [7, 11) is 3.32. The third kappa shape index (κ3) is 6.45. The van der Waals surface area contributed by atoms with Crippen LogP contribution in [0.2, 0.25) is 5.02 Å². The number of carbonyl (C=O) groups is 1. The number of morpholine rings is 1. The van der Waals surface area contributed by atoms with Gasteiger partial charge in [-0.3, -0.25) is 14.6 Å². The number of hydrogen-bond acceptors (Lipinski definition) is 6. The maximum atomic E-state index is 13.4. The van der Waals surface area contributed by atoms with Crippen LogP contribution in [0.5, 0.6) is 11.5 Å². The van der Waals surface area contributed by atoms with Crippen LogP contribution < -0.4 is 9.47 Å². The Labute approximate surface area is 231 Å². The summed E-state index contributed by atoms with van der Waals surface area (Å²) >= 11 is 6.10. The van der Waals surface area contributed by atoms with E-state index in [-0.39, 0.29) is 5.91 Å². The van der Waals surface area contributed by atoms with Crippen molar-refractivity contribution in [2.45, 2.75) is 44.8 Å². The highest BCUT2D eigenvalue weighted by Crippen LogP contribution is 2.34. The molecule has 0 spiro atoms. The fourth-order valence-electron chi connectivity index (χ4n) is 6.32. The maximum absolute atomic E-state index is 13.4. The summed E-state index contributed by atoms with van der Waals surface area (Å²) in [6.45, 7) is 7.97. The number of ether oxygens (including phenoxy) is 3. The quantitative estimate of drug-likeness (QED) is 0.498. The van der Waals surface area contributed by atoms with Gasteiger partial charge in [0.1, 0.15) is 0 Å². The number of benzene rings is 2. The molecule has 0 bridgehead atoms. The van der Waals surface area contributed by atoms with Gasteiger partial charge in [0.15, 0.2) is 11.5 Å². The maximum Gasteiger partial charge on any atom is 0.222 e. The van der Waals surface area contributed by atoms with Gasteiger partial charge in [0, 0.05) is 56.8 Å². The zero-order chi connectivity index (χ0) is 26.5. The lowest BCUT2D eigenvalue weighted by Gasteiger charge is -2.45. The minimum absolute atomic E-state index is 0.251. The van der Waals surface area contributed by atoms with Crippen LogP contribution in [0, 0.1) is 5.92 Å². The highest BCUT2D eigenvalue weighted by atomic mass is 35.5. The third-order valence-corrected chi connectivity index (χ3v) is 8.66. The van der Waals surface area contributed by atoms with E-state index in [2.05, 4.69) is 28.0 Å². The normalized spacial score (nSPS) is 22.7. The molecular weight excluding hydrogens is 502 g/mol. The van der Waals surface area contributed by atoms with Crippen LogP contribution in [0.4, 0.5) is 0 Å². The molecule has 206 valence electrons. The van der Waals surface area contributed by atoms with Crippen LogP contribution in [-0.2, 0) is 29.0 Å². The topological polar surface area (TPSA) is 54.5 Å². The average Bonchev–Trinajstić information content (AvgIpc) is 2.96. The molecular formula is C30H40ClN3O4. The number of halogens is 1. The Morgan fingerprint density at radius 2 is 1.71 bits per heavy atom. The van der Waals surface area contributed by atoms with Crippen molar-refractivity contribution in [2.24, 2.45) is 5.92 Å². The van der Waals surface area contributed by atoms with Gasteiger partial charge in [0.25, 0.3) is 0 Å². The number of likely N-dealkylation sites (tertiary alicyclic amines) is 1. The molecule has 5 rings (SSSR count). The van der Waals surface area contributed by atoms with Gasteiger partial charge in [-0.1, -0.05) is 23.7 Å². The van der Waals surface area contributed by atoms with Crippen molar-refractivity contribution in [3.8, 4) is 11.5 Å². The Hall–Kier alpha value is -2.32. The van der Waals surface area contributed by atoms with Gasteiger partial charge in [0.05, 0.1) is 27.4 Å². The smallest absolute Gasteiger partial charge is 0.222 e. The molecule has 2 aromatic carbocycles. The van der Waals surface area contributed by atoms with Crippen LogP contribution >= 0.6 is 11.6 Å². The van der Waals surface area contributed by atoms with E-state index < -0.39 is 0 Å². The molecule has 2 saturated heterocycles. The lowest BCUT2D eigenvalue weighted by atomic mass is 9.86. The summed E-state index contributed by atoms with van der Waals surface area (Å²) in [5.41, 5.74) is 3.68. The Morgan fingerprint density at radius 1 is 1.00 bits per heavy atom. The Kier molecular flexibility index (Phi) is 9.10. The standard InChI is InChI=1S/C30H40ClN3O4/c1-36-28-17-23-9-12-34(21-25(23)18-29(28)37-2)30(35)8-5-24-20-32(19-22-3-6-26(31)7-4-22)11-10-27(24)33-13-15-38-16-14-33/h3-4,6-7,17-18,24,27H,5,8-16,19-21H2,1-2H3/t24-,27+/m0/s1. The summed E-state index contributed by atoms with van der Waals surface area (Å²) in [5, 5.41) is 0.772. The fourth-order valence-corrected chi connectivity index (χ4v) is 6.45. The van der Waals surface area contributed by atoms with E-state index in [1.807, 2.05) is 23.1 Å². The zero-order valence-corrected chi connectivity index (χ0v) is 23.4. The van der Waals surface area contributed by atoms with Gasteiger partial charge in [-0.05, 0) is 72.7 Å². The first kappa shape index (κ1) is 27.3. The summed E-state index contributed by atoms with van der Waals surface area (Å²) in [6.07, 6.45) is 3.47. The SMILES string of the molecule is COc1cc2c(cc1OC)CN(C(=O)CC[C@H]1CN(Cc3ccc(Cl)cc3)CC[C@H]1N1CCOCC1)CC2. The summed E-state index contributed by atoms with van der Waals surface area (Å²) in [4.78, 5) is 20.6. The van der Waals surface area contributed by atoms with Gasteiger partial charge < -0.3 is 19.1 Å². The molecule has 1 amide bonds. The molecule has 0 aromatic heterocycles. The first-order valence-electron chi connectivity index (χ1n) is 13.8. The minimum Gasteiger partial charge on any atom is -0.493 e. The first-order valence-corrected chi connectivity index (χ1v) is 14.2. The van der Waals surface area contributed by atoms with Gasteiger partial charge in [0.2, 0.25) is 5.91 Å². The average molecular weight is 542 g/mol. The number of methoxy groups -OCH3 is 2. The molecule has 0 unspecified atom stereocenters. The molecule has 0 aliphatic carbocycles. The Bertz CT molecular complexity index is 1090. The van der Waals surface area contributed by atoms with E-state index in [0.717, 1.165) is 93.8 Å². The third-order valence-electron chi connectivity index (χ3n) is 8.41. The second-order valence-corrected chi connectivity index (χ2v) is 11.1. The molecule has 2 atom stereocenters. The predicted octanol–water partition coefficient (Wildman–Crippen LogP) is 4.25. The number of carbonyl (C=O) groups excluding carboxylic acids is 1. The van der Waals surface area contributed by atoms with Crippen molar-refractivity contribution in [1.82, 2.24) is 14.7 Å². The van der Waals surface area contributed by atoms with Crippen molar-refractivity contribution >= 4 is 17.5 Å². The van der Waals surface area contributed by atoms with Gasteiger partial charge in [-0.25, -0.2) is 0 Å². The first-order chi connectivity index (χ1) is 18.5. The highest BCUT2D eigenvalue weighted by molar-refractivity contribution is 6.30. The van der Waals surface area contributed by atoms with Gasteiger partial charge in [-0.15, -0.1) is 0 Å². The summed E-state index contributed by atoms with van der Waals surface area (Å²) in [5.74, 6) is 2.18. The summed E-state index contributed by atoms with van der Waals surface area (Å²) in [6, 6.07) is 12.8. The van der Waals surface area contributed by atoms with E-state index in [9.17, 15) is 4.79 Å². The molecule has 7 nitrogen and oxygen atoms in total. The Balaban J connectivity index is 1.22. The molecule has 3 heterocycles. The second kappa shape index (κ2) is 12.7. The molecule has 0 saturated carbocycles. The highest BCUT2D eigenvalue weighted by Gasteiger charge is 2.34. The number of hydrogen-bond donors (Lipinski definition) is 0. The second-order valence-electron chi connectivity index (χ2n) is 10.7. The molecule has 2 aromatic rings. The van der Waals surface area contributed by atoms with Crippen molar-refractivity contribution < 1.29 is 19.0 Å². The van der Waals surface area contributed by atoms with E-state index >= 15 is 0 Å². The number of fused-ring (bicyclic) bond motifs is 1. The van der Waals surface area contributed by atoms with Crippen molar-refractivity contribution in [1.29, 1.82) is 0 Å². The lowest BCUT2D eigenvalue weighted by Crippen LogP contribution is -2.54. The monoisotopic (exact) mass is 541 g/mol. The molecule has 0 radical (unpaired) electrons. The van der Waals surface area contributed by atoms with Gasteiger partial charge >= 0.3 is 0 Å². The largest absolute Gasteiger partial charge is 0.493 e. The molecule has 38 heavy (non-hydrogen) atoms. The van der Waals surface area contributed by atoms with Crippen LogP contribution in [0.1, 0.15) is 36.0 Å². The number of amides is 1. The van der Waals surface area contributed by atoms with E-state index in [4.69, 9.17) is 25.8 Å². The lowest BCUT2D eigenvalue weighted by molar-refractivity contribution is -0.132. The fraction of sp³-hybridized carbons (Fsp3) is 0.567. The molecule has 3 aliphatic rings. The van der Waals surface area contributed by atoms with Crippen molar-refractivity contribution in [3.63, 3.8) is 0 Å². The predicted molar refractivity (Wildman–Crippen MR) is 149 cm³/mol.